The number of urea groups is 1. The molecule has 11 heteroatoms. The van der Waals surface area contributed by atoms with E-state index in [2.05, 4.69) is 26.6 Å². The molecule has 1 aliphatic rings. The monoisotopic (exact) mass is 635 g/mol. The average molecular weight is 636 g/mol. The van der Waals surface area contributed by atoms with Gasteiger partial charge in [0.2, 0.25) is 0 Å². The van der Waals surface area contributed by atoms with Crippen molar-refractivity contribution >= 4 is 57.1 Å². The molecule has 218 valence electrons. The lowest BCUT2D eigenvalue weighted by molar-refractivity contribution is -0.122. The number of amides is 5. The number of imide groups is 2. The zero-order valence-corrected chi connectivity index (χ0v) is 25.2. The van der Waals surface area contributed by atoms with Gasteiger partial charge in [0.15, 0.2) is 18.1 Å². The molecular formula is C31H30BrN3O7. The fourth-order valence-electron chi connectivity index (χ4n) is 4.20. The first kappa shape index (κ1) is 30.3. The molecule has 0 radical (unpaired) electrons. The van der Waals surface area contributed by atoms with Gasteiger partial charge in [0.25, 0.3) is 17.7 Å². The Balaban J connectivity index is 1.57. The Bertz CT molecular complexity index is 1570. The minimum absolute atomic E-state index is 0.251. The number of ether oxygens (including phenoxy) is 3. The molecule has 2 N–H and O–H groups in total. The summed E-state index contributed by atoms with van der Waals surface area (Å²) in [6, 6.07) is 14.4. The van der Waals surface area contributed by atoms with Crippen LogP contribution in [0.15, 0.2) is 64.6 Å². The molecular weight excluding hydrogens is 606 g/mol. The van der Waals surface area contributed by atoms with E-state index in [1.54, 1.807) is 43.3 Å². The lowest BCUT2D eigenvalue weighted by atomic mass is 10.1. The highest BCUT2D eigenvalue weighted by Gasteiger charge is 2.37. The van der Waals surface area contributed by atoms with Crippen molar-refractivity contribution in [3.05, 3.63) is 81.3 Å². The molecule has 0 unspecified atom stereocenters. The van der Waals surface area contributed by atoms with E-state index in [0.29, 0.717) is 33.8 Å². The number of hydrogen-bond donors (Lipinski definition) is 2. The molecule has 0 saturated carbocycles. The summed E-state index contributed by atoms with van der Waals surface area (Å²) >= 11 is 3.45. The van der Waals surface area contributed by atoms with Crippen LogP contribution in [0.5, 0.6) is 17.2 Å². The molecule has 4 rings (SSSR count). The molecule has 42 heavy (non-hydrogen) atoms. The predicted octanol–water partition coefficient (Wildman–Crippen LogP) is 5.55. The largest absolute Gasteiger partial charge is 0.494 e. The SMILES string of the molecule is CCOc1ccc(N2C(=O)NC(=O)/C(=C\c3cc(Br)c(OCC(=O)Nc4cccc(C)c4C)c(OCC)c3)C2=O)cc1. The van der Waals surface area contributed by atoms with Crippen molar-refractivity contribution in [2.75, 3.05) is 30.0 Å². The standard InChI is InChI=1S/C31H30BrN3O7/c1-5-40-22-12-10-21(11-13-22)35-30(38)23(29(37)34-31(35)39)14-20-15-24(32)28(26(16-20)41-6-2)42-17-27(36)33-25-9-7-8-18(3)19(25)4/h7-16H,5-6,17H2,1-4H3,(H,33,36)(H,34,37,39)/b23-14+. The van der Waals surface area contributed by atoms with Gasteiger partial charge in [-0.3, -0.25) is 19.7 Å². The Labute approximate surface area is 251 Å². The predicted molar refractivity (Wildman–Crippen MR) is 162 cm³/mol. The molecule has 0 atom stereocenters. The normalized spacial score (nSPS) is 14.1. The van der Waals surface area contributed by atoms with E-state index in [1.165, 1.54) is 6.08 Å². The van der Waals surface area contributed by atoms with Crippen LogP contribution in [0, 0.1) is 13.8 Å². The van der Waals surface area contributed by atoms with Crippen LogP contribution < -0.4 is 29.7 Å². The summed E-state index contributed by atoms with van der Waals surface area (Å²) in [7, 11) is 0. The summed E-state index contributed by atoms with van der Waals surface area (Å²) in [5.41, 5.74) is 3.16. The van der Waals surface area contributed by atoms with Crippen LogP contribution in [0.25, 0.3) is 6.08 Å². The van der Waals surface area contributed by atoms with E-state index in [0.717, 1.165) is 16.0 Å². The third-order valence-corrected chi connectivity index (χ3v) is 6.97. The molecule has 0 bridgehead atoms. The van der Waals surface area contributed by atoms with Crippen LogP contribution in [0.2, 0.25) is 0 Å². The van der Waals surface area contributed by atoms with E-state index < -0.39 is 17.8 Å². The molecule has 1 fully saturated rings. The third kappa shape index (κ3) is 6.80. The number of nitrogens with zero attached hydrogens (tertiary/aromatic N) is 1. The highest BCUT2D eigenvalue weighted by Crippen LogP contribution is 2.38. The van der Waals surface area contributed by atoms with Crippen LogP contribution in [0.4, 0.5) is 16.2 Å². The molecule has 3 aromatic rings. The summed E-state index contributed by atoms with van der Waals surface area (Å²) in [5, 5.41) is 5.06. The Hall–Kier alpha value is -4.64. The average Bonchev–Trinajstić information content (AvgIpc) is 2.94. The summed E-state index contributed by atoms with van der Waals surface area (Å²) < 4.78 is 17.4. The van der Waals surface area contributed by atoms with Gasteiger partial charge in [0.05, 0.1) is 23.4 Å². The number of carbonyl (C=O) groups is 4. The van der Waals surface area contributed by atoms with Crippen molar-refractivity contribution in [2.45, 2.75) is 27.7 Å². The third-order valence-electron chi connectivity index (χ3n) is 6.38. The first-order chi connectivity index (χ1) is 20.1. The first-order valence-corrected chi connectivity index (χ1v) is 14.0. The Morgan fingerprint density at radius 2 is 1.69 bits per heavy atom. The first-order valence-electron chi connectivity index (χ1n) is 13.2. The molecule has 0 spiro atoms. The Morgan fingerprint density at radius 1 is 0.976 bits per heavy atom. The van der Waals surface area contributed by atoms with Crippen molar-refractivity contribution < 1.29 is 33.4 Å². The van der Waals surface area contributed by atoms with Gasteiger partial charge in [0.1, 0.15) is 11.3 Å². The van der Waals surface area contributed by atoms with Crippen LogP contribution in [0.3, 0.4) is 0 Å². The lowest BCUT2D eigenvalue weighted by Gasteiger charge is -2.26. The highest BCUT2D eigenvalue weighted by atomic mass is 79.9. The Morgan fingerprint density at radius 3 is 2.38 bits per heavy atom. The van der Waals surface area contributed by atoms with Gasteiger partial charge in [-0.25, -0.2) is 9.69 Å². The zero-order valence-electron chi connectivity index (χ0n) is 23.6. The summed E-state index contributed by atoms with van der Waals surface area (Å²) in [4.78, 5) is 52.1. The van der Waals surface area contributed by atoms with Crippen molar-refractivity contribution in [1.29, 1.82) is 0 Å². The van der Waals surface area contributed by atoms with Crippen molar-refractivity contribution in [3.63, 3.8) is 0 Å². The van der Waals surface area contributed by atoms with Crippen LogP contribution in [-0.2, 0) is 14.4 Å². The maximum Gasteiger partial charge on any atom is 0.335 e. The molecule has 5 amide bonds. The number of halogens is 1. The van der Waals surface area contributed by atoms with Crippen LogP contribution in [-0.4, -0.2) is 43.6 Å². The maximum atomic E-state index is 13.3. The number of benzene rings is 3. The molecule has 10 nitrogen and oxygen atoms in total. The van der Waals surface area contributed by atoms with E-state index in [1.807, 2.05) is 39.0 Å². The smallest absolute Gasteiger partial charge is 0.335 e. The van der Waals surface area contributed by atoms with E-state index in [-0.39, 0.29) is 36.1 Å². The van der Waals surface area contributed by atoms with Gasteiger partial charge in [-0.05, 0) is 109 Å². The summed E-state index contributed by atoms with van der Waals surface area (Å²) in [6.07, 6.45) is 1.36. The molecule has 3 aromatic carbocycles. The van der Waals surface area contributed by atoms with Crippen LogP contribution in [0.1, 0.15) is 30.5 Å². The number of hydrogen-bond acceptors (Lipinski definition) is 7. The fourth-order valence-corrected chi connectivity index (χ4v) is 4.78. The van der Waals surface area contributed by atoms with Gasteiger partial charge < -0.3 is 19.5 Å². The number of nitrogens with one attached hydrogen (secondary N) is 2. The molecule has 0 aliphatic carbocycles. The van der Waals surface area contributed by atoms with Crippen molar-refractivity contribution in [2.24, 2.45) is 0 Å². The number of rotatable bonds is 10. The summed E-state index contributed by atoms with van der Waals surface area (Å²) in [5.74, 6) is -0.818. The molecule has 1 saturated heterocycles. The van der Waals surface area contributed by atoms with Crippen molar-refractivity contribution in [1.82, 2.24) is 5.32 Å². The van der Waals surface area contributed by atoms with Gasteiger partial charge in [-0.15, -0.1) is 0 Å². The van der Waals surface area contributed by atoms with Gasteiger partial charge >= 0.3 is 6.03 Å². The topological polar surface area (TPSA) is 123 Å². The number of barbiturate groups is 1. The molecule has 1 aliphatic heterocycles. The van der Waals surface area contributed by atoms with Crippen LogP contribution >= 0.6 is 15.9 Å². The fraction of sp³-hybridized carbons (Fsp3) is 0.226. The van der Waals surface area contributed by atoms with Gasteiger partial charge in [-0.2, -0.15) is 0 Å². The van der Waals surface area contributed by atoms with E-state index in [9.17, 15) is 19.2 Å². The molecule has 0 aromatic heterocycles. The summed E-state index contributed by atoms with van der Waals surface area (Å²) in [6.45, 7) is 7.99. The quantitative estimate of drug-likeness (QED) is 0.221. The van der Waals surface area contributed by atoms with Crippen molar-refractivity contribution in [3.8, 4) is 17.2 Å². The minimum atomic E-state index is -0.856. The molecule has 1 heterocycles. The van der Waals surface area contributed by atoms with Gasteiger partial charge in [-0.1, -0.05) is 12.1 Å². The Kier molecular flexibility index (Phi) is 9.64. The van der Waals surface area contributed by atoms with E-state index in [4.69, 9.17) is 14.2 Å². The number of anilines is 2. The minimum Gasteiger partial charge on any atom is -0.494 e. The lowest BCUT2D eigenvalue weighted by Crippen LogP contribution is -2.54. The highest BCUT2D eigenvalue weighted by molar-refractivity contribution is 9.10. The van der Waals surface area contributed by atoms with E-state index >= 15 is 0 Å². The maximum absolute atomic E-state index is 13.3. The number of carbonyl (C=O) groups excluding carboxylic acids is 4. The second kappa shape index (κ2) is 13.3. The van der Waals surface area contributed by atoms with Gasteiger partial charge in [0, 0.05) is 5.69 Å². The number of aryl methyl sites for hydroxylation is 1. The second-order valence-electron chi connectivity index (χ2n) is 9.23. The second-order valence-corrected chi connectivity index (χ2v) is 10.1. The zero-order chi connectivity index (χ0) is 30.4.